The van der Waals surface area contributed by atoms with Crippen LogP contribution in [0.15, 0.2) is 42.6 Å². The van der Waals surface area contributed by atoms with E-state index in [1.165, 1.54) is 0 Å². The molecule has 0 spiro atoms. The van der Waals surface area contributed by atoms with Crippen LogP contribution >= 0.6 is 0 Å². The summed E-state index contributed by atoms with van der Waals surface area (Å²) < 4.78 is 1.79. The lowest BCUT2D eigenvalue weighted by molar-refractivity contribution is -0.123. The molecule has 0 saturated carbocycles. The molecule has 0 unspecified atom stereocenters. The average Bonchev–Trinajstić information content (AvgIpc) is 3.03. The van der Waals surface area contributed by atoms with E-state index < -0.39 is 0 Å². The maximum Gasteiger partial charge on any atom is 0.272 e. The van der Waals surface area contributed by atoms with Crippen LogP contribution in [0.1, 0.15) is 28.9 Å². The predicted octanol–water partition coefficient (Wildman–Crippen LogP) is 1.97. The third kappa shape index (κ3) is 4.28. The molecule has 1 saturated heterocycles. The maximum atomic E-state index is 12.2. The van der Waals surface area contributed by atoms with E-state index in [0.29, 0.717) is 5.69 Å². The summed E-state index contributed by atoms with van der Waals surface area (Å²) in [7, 11) is 1.84. The number of likely N-dealkylation sites (tertiary alicyclic amines) is 1. The molecular formula is C19H24N4O2. The molecule has 0 radical (unpaired) electrons. The minimum absolute atomic E-state index is 0.0439. The molecule has 0 bridgehead atoms. The van der Waals surface area contributed by atoms with Crippen molar-refractivity contribution in [3.63, 3.8) is 0 Å². The van der Waals surface area contributed by atoms with Crippen molar-refractivity contribution in [3.05, 3.63) is 53.9 Å². The van der Waals surface area contributed by atoms with Crippen LogP contribution in [0.5, 0.6) is 0 Å². The Morgan fingerprint density at radius 1 is 1.24 bits per heavy atom. The zero-order valence-corrected chi connectivity index (χ0v) is 14.4. The molecule has 6 heteroatoms. The second-order valence-electron chi connectivity index (χ2n) is 6.63. The number of aryl methyl sites for hydroxylation is 1. The van der Waals surface area contributed by atoms with Gasteiger partial charge in [-0.15, -0.1) is 0 Å². The van der Waals surface area contributed by atoms with Gasteiger partial charge >= 0.3 is 0 Å². The Morgan fingerprint density at radius 3 is 2.64 bits per heavy atom. The van der Waals surface area contributed by atoms with Gasteiger partial charge in [-0.05, 0) is 49.2 Å². The molecule has 2 aromatic rings. The SMILES string of the molecule is Cn1cccc1C(=O)Nc1ccc(CN2CCC[C@@H](C(N)=O)C2)cc1. The van der Waals surface area contributed by atoms with Crippen LogP contribution in [0.4, 0.5) is 5.69 Å². The second-order valence-corrected chi connectivity index (χ2v) is 6.63. The summed E-state index contributed by atoms with van der Waals surface area (Å²) in [5.74, 6) is -0.374. The van der Waals surface area contributed by atoms with Crippen molar-refractivity contribution in [3.8, 4) is 0 Å². The number of carbonyl (C=O) groups is 2. The fourth-order valence-electron chi connectivity index (χ4n) is 3.28. The number of piperidine rings is 1. The van der Waals surface area contributed by atoms with Crippen LogP contribution in [-0.4, -0.2) is 34.4 Å². The van der Waals surface area contributed by atoms with Gasteiger partial charge in [0.25, 0.3) is 5.91 Å². The molecule has 1 aliphatic rings. The van der Waals surface area contributed by atoms with Gasteiger partial charge in [0, 0.05) is 32.0 Å². The molecule has 1 fully saturated rings. The Morgan fingerprint density at radius 2 is 2.00 bits per heavy atom. The van der Waals surface area contributed by atoms with E-state index in [0.717, 1.165) is 43.7 Å². The number of nitrogens with zero attached hydrogens (tertiary/aromatic N) is 2. The molecule has 132 valence electrons. The van der Waals surface area contributed by atoms with Crippen LogP contribution in [0.3, 0.4) is 0 Å². The molecule has 3 N–H and O–H groups in total. The van der Waals surface area contributed by atoms with Crippen LogP contribution < -0.4 is 11.1 Å². The third-order valence-electron chi connectivity index (χ3n) is 4.70. The Kier molecular flexibility index (Phi) is 5.19. The molecular weight excluding hydrogens is 316 g/mol. The fraction of sp³-hybridized carbons (Fsp3) is 0.368. The largest absolute Gasteiger partial charge is 0.369 e. The summed E-state index contributed by atoms with van der Waals surface area (Å²) in [6, 6.07) is 11.5. The van der Waals surface area contributed by atoms with Gasteiger partial charge in [-0.2, -0.15) is 0 Å². The number of rotatable bonds is 5. The zero-order valence-electron chi connectivity index (χ0n) is 14.4. The van der Waals surface area contributed by atoms with E-state index >= 15 is 0 Å². The maximum absolute atomic E-state index is 12.2. The van der Waals surface area contributed by atoms with Gasteiger partial charge in [-0.3, -0.25) is 14.5 Å². The predicted molar refractivity (Wildman–Crippen MR) is 97.0 cm³/mol. The summed E-state index contributed by atoms with van der Waals surface area (Å²) in [5.41, 5.74) is 7.97. The lowest BCUT2D eigenvalue weighted by Crippen LogP contribution is -2.40. The normalized spacial score (nSPS) is 18.0. The van der Waals surface area contributed by atoms with Crippen molar-refractivity contribution < 1.29 is 9.59 Å². The highest BCUT2D eigenvalue weighted by atomic mass is 16.2. The van der Waals surface area contributed by atoms with Crippen LogP contribution in [0, 0.1) is 5.92 Å². The molecule has 25 heavy (non-hydrogen) atoms. The van der Waals surface area contributed by atoms with Gasteiger partial charge in [0.05, 0.1) is 5.92 Å². The average molecular weight is 340 g/mol. The Bertz CT molecular complexity index is 751. The van der Waals surface area contributed by atoms with E-state index in [1.807, 2.05) is 43.6 Å². The Hall–Kier alpha value is -2.60. The number of benzene rings is 1. The van der Waals surface area contributed by atoms with E-state index in [1.54, 1.807) is 10.6 Å². The third-order valence-corrected chi connectivity index (χ3v) is 4.70. The van der Waals surface area contributed by atoms with Crippen molar-refractivity contribution in [2.75, 3.05) is 18.4 Å². The number of primary amides is 1. The number of hydrogen-bond donors (Lipinski definition) is 2. The number of amides is 2. The van der Waals surface area contributed by atoms with Gasteiger partial charge in [0.2, 0.25) is 5.91 Å². The van der Waals surface area contributed by atoms with Gasteiger partial charge < -0.3 is 15.6 Å². The quantitative estimate of drug-likeness (QED) is 0.873. The summed E-state index contributed by atoms with van der Waals surface area (Å²) in [6.45, 7) is 2.49. The van der Waals surface area contributed by atoms with Gasteiger partial charge in [-0.25, -0.2) is 0 Å². The smallest absolute Gasteiger partial charge is 0.272 e. The number of aromatic nitrogens is 1. The number of nitrogens with one attached hydrogen (secondary N) is 1. The monoisotopic (exact) mass is 340 g/mol. The molecule has 0 aliphatic carbocycles. The molecule has 2 amide bonds. The number of nitrogens with two attached hydrogens (primary N) is 1. The van der Waals surface area contributed by atoms with Gasteiger partial charge in [0.15, 0.2) is 0 Å². The number of carbonyl (C=O) groups excluding carboxylic acids is 2. The zero-order chi connectivity index (χ0) is 17.8. The number of anilines is 1. The van der Waals surface area contributed by atoms with Crippen LogP contribution in [-0.2, 0) is 18.4 Å². The standard InChI is InChI=1S/C19H24N4O2/c1-22-10-3-5-17(22)19(25)21-16-8-6-14(7-9-16)12-23-11-2-4-15(13-23)18(20)24/h3,5-10,15H,2,4,11-13H2,1H3,(H2,20,24)(H,21,25)/t15-/m1/s1. The first-order chi connectivity index (χ1) is 12.0. The van der Waals surface area contributed by atoms with Crippen molar-refractivity contribution >= 4 is 17.5 Å². The number of hydrogen-bond acceptors (Lipinski definition) is 3. The van der Waals surface area contributed by atoms with Crippen molar-refractivity contribution in [2.24, 2.45) is 18.7 Å². The lowest BCUT2D eigenvalue weighted by atomic mass is 9.97. The Labute approximate surface area is 147 Å². The molecule has 2 heterocycles. The highest BCUT2D eigenvalue weighted by Crippen LogP contribution is 2.19. The summed E-state index contributed by atoms with van der Waals surface area (Å²) in [5, 5.41) is 2.90. The highest BCUT2D eigenvalue weighted by molar-refractivity contribution is 6.03. The molecule has 6 nitrogen and oxygen atoms in total. The summed E-state index contributed by atoms with van der Waals surface area (Å²) >= 11 is 0. The van der Waals surface area contributed by atoms with E-state index in [4.69, 9.17) is 5.73 Å². The fourth-order valence-corrected chi connectivity index (χ4v) is 3.28. The topological polar surface area (TPSA) is 80.4 Å². The Balaban J connectivity index is 1.58. The van der Waals surface area contributed by atoms with Crippen molar-refractivity contribution in [1.29, 1.82) is 0 Å². The van der Waals surface area contributed by atoms with Crippen LogP contribution in [0.2, 0.25) is 0 Å². The van der Waals surface area contributed by atoms with Crippen molar-refractivity contribution in [1.82, 2.24) is 9.47 Å². The van der Waals surface area contributed by atoms with E-state index in [9.17, 15) is 9.59 Å². The minimum atomic E-state index is -0.205. The summed E-state index contributed by atoms with van der Waals surface area (Å²) in [6.07, 6.45) is 3.73. The van der Waals surface area contributed by atoms with Crippen molar-refractivity contribution in [2.45, 2.75) is 19.4 Å². The summed E-state index contributed by atoms with van der Waals surface area (Å²) in [4.78, 5) is 25.8. The first kappa shape index (κ1) is 17.2. The molecule has 3 rings (SSSR count). The van der Waals surface area contributed by atoms with Gasteiger partial charge in [-0.1, -0.05) is 12.1 Å². The minimum Gasteiger partial charge on any atom is -0.369 e. The van der Waals surface area contributed by atoms with E-state index in [-0.39, 0.29) is 17.7 Å². The molecule has 1 aromatic heterocycles. The lowest BCUT2D eigenvalue weighted by Gasteiger charge is -2.31. The molecule has 1 atom stereocenters. The first-order valence-electron chi connectivity index (χ1n) is 8.56. The van der Waals surface area contributed by atoms with E-state index in [2.05, 4.69) is 10.2 Å². The van der Waals surface area contributed by atoms with Gasteiger partial charge in [0.1, 0.15) is 5.69 Å². The highest BCUT2D eigenvalue weighted by Gasteiger charge is 2.23. The molecule has 1 aliphatic heterocycles. The second kappa shape index (κ2) is 7.53. The van der Waals surface area contributed by atoms with Crippen LogP contribution in [0.25, 0.3) is 0 Å². The molecule has 1 aromatic carbocycles. The first-order valence-corrected chi connectivity index (χ1v) is 8.56.